The lowest BCUT2D eigenvalue weighted by Crippen LogP contribution is -2.39. The Balaban J connectivity index is 1.41. The Morgan fingerprint density at radius 3 is 2.68 bits per heavy atom. The smallest absolute Gasteiger partial charge is 0.228 e. The molecule has 10 heteroatoms. The molecule has 2 fully saturated rings. The van der Waals surface area contributed by atoms with E-state index in [9.17, 15) is 4.39 Å². The van der Waals surface area contributed by atoms with Crippen molar-refractivity contribution in [2.75, 3.05) is 24.6 Å². The third kappa shape index (κ3) is 3.88. The second kappa shape index (κ2) is 8.25. The molecule has 0 N–H and O–H groups in total. The van der Waals surface area contributed by atoms with Gasteiger partial charge in [-0.25, -0.2) is 19.3 Å². The van der Waals surface area contributed by atoms with Gasteiger partial charge in [-0.3, -0.25) is 0 Å². The molecule has 34 heavy (non-hydrogen) atoms. The normalized spacial score (nSPS) is 18.6. The molecule has 174 valence electrons. The van der Waals surface area contributed by atoms with Gasteiger partial charge in [0.05, 0.1) is 24.5 Å². The largest absolute Gasteiger partial charge is 0.368 e. The van der Waals surface area contributed by atoms with Crippen molar-refractivity contribution < 1.29 is 13.7 Å². The summed E-state index contributed by atoms with van der Waals surface area (Å²) < 4.78 is 26.4. The van der Waals surface area contributed by atoms with Crippen molar-refractivity contribution in [3.05, 3.63) is 57.9 Å². The van der Waals surface area contributed by atoms with Crippen molar-refractivity contribution in [3.63, 3.8) is 0 Å². The van der Waals surface area contributed by atoms with Crippen molar-refractivity contribution in [2.45, 2.75) is 38.7 Å². The molecular formula is C24H22ClFN6O2. The molecular weight excluding hydrogens is 459 g/mol. The number of rotatable bonds is 4. The fourth-order valence-corrected chi connectivity index (χ4v) is 4.30. The maximum atomic E-state index is 14.9. The van der Waals surface area contributed by atoms with Crippen molar-refractivity contribution in [3.8, 4) is 11.3 Å². The van der Waals surface area contributed by atoms with E-state index < -0.39 is 5.82 Å². The Labute approximate surface area is 200 Å². The molecule has 1 saturated heterocycles. The molecule has 1 aliphatic heterocycles. The number of fused-ring (bicyclic) bond motifs is 1. The maximum absolute atomic E-state index is 14.9. The van der Waals surface area contributed by atoms with Gasteiger partial charge in [0.2, 0.25) is 5.95 Å². The van der Waals surface area contributed by atoms with Crippen LogP contribution in [0, 0.1) is 19.7 Å². The minimum absolute atomic E-state index is 0.272. The summed E-state index contributed by atoms with van der Waals surface area (Å²) in [6, 6.07) is 6.50. The fourth-order valence-electron chi connectivity index (χ4n) is 4.14. The van der Waals surface area contributed by atoms with Crippen LogP contribution in [0.15, 0.2) is 28.8 Å². The van der Waals surface area contributed by atoms with Crippen LogP contribution in [0.3, 0.4) is 0 Å². The van der Waals surface area contributed by atoms with E-state index in [1.807, 2.05) is 24.8 Å². The monoisotopic (exact) mass is 480 g/mol. The van der Waals surface area contributed by atoms with Crippen molar-refractivity contribution in [1.82, 2.24) is 25.1 Å². The molecule has 8 nitrogen and oxygen atoms in total. The van der Waals surface area contributed by atoms with Gasteiger partial charge in [0.25, 0.3) is 0 Å². The molecule has 1 aromatic carbocycles. The highest BCUT2D eigenvalue weighted by Crippen LogP contribution is 2.41. The number of halogens is 2. The van der Waals surface area contributed by atoms with Gasteiger partial charge in [-0.15, -0.1) is 0 Å². The van der Waals surface area contributed by atoms with E-state index in [4.69, 9.17) is 30.8 Å². The van der Waals surface area contributed by atoms with E-state index in [0.717, 1.165) is 35.7 Å². The molecule has 0 unspecified atom stereocenters. The summed E-state index contributed by atoms with van der Waals surface area (Å²) in [5.41, 5.74) is 3.80. The van der Waals surface area contributed by atoms with Crippen molar-refractivity contribution >= 4 is 28.7 Å². The van der Waals surface area contributed by atoms with Gasteiger partial charge in [0.1, 0.15) is 34.6 Å². The quantitative estimate of drug-likeness (QED) is 0.405. The zero-order valence-corrected chi connectivity index (χ0v) is 19.5. The van der Waals surface area contributed by atoms with Crippen LogP contribution in [0.25, 0.3) is 22.4 Å². The SMILES string of the molecule is Cc1nc2nc(N3CCO[C@@H](c4cc(C5CC5)on4)C3)nc(-c3ccc(Cl)cc3F)c2nc1C. The molecule has 4 aromatic rings. The van der Waals surface area contributed by atoms with Crippen LogP contribution in [0.4, 0.5) is 10.3 Å². The number of nitrogens with zero attached hydrogens (tertiary/aromatic N) is 6. The molecule has 3 aromatic heterocycles. The molecule has 2 aliphatic rings. The van der Waals surface area contributed by atoms with E-state index in [0.29, 0.717) is 59.0 Å². The topological polar surface area (TPSA) is 90.1 Å². The van der Waals surface area contributed by atoms with Gasteiger partial charge >= 0.3 is 0 Å². The third-order valence-corrected chi connectivity index (χ3v) is 6.56. The fraction of sp³-hybridized carbons (Fsp3) is 0.375. The summed E-state index contributed by atoms with van der Waals surface area (Å²) in [4.78, 5) is 20.7. The first kappa shape index (κ1) is 21.4. The molecule has 1 atom stereocenters. The van der Waals surface area contributed by atoms with Crippen LogP contribution in [0.2, 0.25) is 5.02 Å². The zero-order chi connectivity index (χ0) is 23.4. The second-order valence-corrected chi connectivity index (χ2v) is 9.23. The minimum atomic E-state index is -0.478. The minimum Gasteiger partial charge on any atom is -0.368 e. The van der Waals surface area contributed by atoms with Gasteiger partial charge in [-0.1, -0.05) is 16.8 Å². The highest BCUT2D eigenvalue weighted by atomic mass is 35.5. The maximum Gasteiger partial charge on any atom is 0.228 e. The van der Waals surface area contributed by atoms with E-state index in [2.05, 4.69) is 15.1 Å². The number of morpholine rings is 1. The summed E-state index contributed by atoms with van der Waals surface area (Å²) in [7, 11) is 0. The van der Waals surface area contributed by atoms with Gasteiger partial charge in [-0.2, -0.15) is 4.98 Å². The summed E-state index contributed by atoms with van der Waals surface area (Å²) >= 11 is 5.98. The first-order chi connectivity index (χ1) is 16.5. The number of ether oxygens (including phenoxy) is 1. The molecule has 1 aliphatic carbocycles. The van der Waals surface area contributed by atoms with Crippen molar-refractivity contribution in [2.24, 2.45) is 0 Å². The second-order valence-electron chi connectivity index (χ2n) is 8.80. The zero-order valence-electron chi connectivity index (χ0n) is 18.8. The molecule has 6 rings (SSSR count). The Kier molecular flexibility index (Phi) is 5.18. The van der Waals surface area contributed by atoms with Crippen LogP contribution >= 0.6 is 11.6 Å². The molecule has 4 heterocycles. The molecule has 0 amide bonds. The van der Waals surface area contributed by atoms with Gasteiger partial charge in [0.15, 0.2) is 5.65 Å². The van der Waals surface area contributed by atoms with E-state index in [1.165, 1.54) is 6.07 Å². The summed E-state index contributed by atoms with van der Waals surface area (Å²) in [6.45, 7) is 5.27. The first-order valence-electron chi connectivity index (χ1n) is 11.3. The molecule has 0 radical (unpaired) electrons. The molecule has 0 spiro atoms. The lowest BCUT2D eigenvalue weighted by atomic mass is 10.1. The molecule has 0 bridgehead atoms. The number of aromatic nitrogens is 5. The van der Waals surface area contributed by atoms with Crippen LogP contribution < -0.4 is 4.90 Å². The number of anilines is 1. The Morgan fingerprint density at radius 1 is 1.06 bits per heavy atom. The predicted octanol–water partition coefficient (Wildman–Crippen LogP) is 4.94. The number of hydrogen-bond acceptors (Lipinski definition) is 8. The van der Waals surface area contributed by atoms with Crippen LogP contribution in [-0.2, 0) is 4.74 Å². The predicted molar refractivity (Wildman–Crippen MR) is 124 cm³/mol. The van der Waals surface area contributed by atoms with E-state index >= 15 is 0 Å². The number of hydrogen-bond donors (Lipinski definition) is 0. The summed E-state index contributed by atoms with van der Waals surface area (Å²) in [5, 5.41) is 4.55. The van der Waals surface area contributed by atoms with E-state index in [-0.39, 0.29) is 6.10 Å². The first-order valence-corrected chi connectivity index (χ1v) is 11.7. The number of benzene rings is 1. The van der Waals surface area contributed by atoms with E-state index in [1.54, 1.807) is 12.1 Å². The van der Waals surface area contributed by atoms with Gasteiger partial charge in [-0.05, 0) is 44.9 Å². The third-order valence-electron chi connectivity index (χ3n) is 6.32. The van der Waals surface area contributed by atoms with Gasteiger partial charge in [0, 0.05) is 29.1 Å². The lowest BCUT2D eigenvalue weighted by Gasteiger charge is -2.32. The molecule has 1 saturated carbocycles. The van der Waals surface area contributed by atoms with Crippen LogP contribution in [0.1, 0.15) is 47.7 Å². The summed E-state index contributed by atoms with van der Waals surface area (Å²) in [5.74, 6) is 1.35. The number of aryl methyl sites for hydroxylation is 2. The summed E-state index contributed by atoms with van der Waals surface area (Å²) in [6.07, 6.45) is 2.01. The van der Waals surface area contributed by atoms with Crippen LogP contribution in [0.5, 0.6) is 0 Å². The average Bonchev–Trinajstić information content (AvgIpc) is 3.56. The standard InChI is InChI=1S/C24H22ClFN6O2/c1-12-13(2)28-23-22(27-12)21(16-6-5-15(25)9-17(16)26)29-24(30-23)32-7-8-33-20(11-32)18-10-19(34-31-18)14-3-4-14/h5-6,9-10,14,20H,3-4,7-8,11H2,1-2H3/t20-/m1/s1. The Hall–Kier alpha value is -3.17. The highest BCUT2D eigenvalue weighted by Gasteiger charge is 2.32. The Bertz CT molecular complexity index is 1410. The lowest BCUT2D eigenvalue weighted by molar-refractivity contribution is 0.0345. The van der Waals surface area contributed by atoms with Crippen molar-refractivity contribution in [1.29, 1.82) is 0 Å². The average molecular weight is 481 g/mol. The van der Waals surface area contributed by atoms with Crippen LogP contribution in [-0.4, -0.2) is 44.8 Å². The van der Waals surface area contributed by atoms with Gasteiger partial charge < -0.3 is 14.2 Å². The highest BCUT2D eigenvalue weighted by molar-refractivity contribution is 6.30. The Morgan fingerprint density at radius 2 is 1.88 bits per heavy atom.